The van der Waals surface area contributed by atoms with Crippen LogP contribution in [0.1, 0.15) is 25.8 Å². The lowest BCUT2D eigenvalue weighted by Crippen LogP contribution is -2.28. The third kappa shape index (κ3) is 4.31. The highest BCUT2D eigenvalue weighted by Crippen LogP contribution is 2.16. The van der Waals surface area contributed by atoms with Gasteiger partial charge in [-0.1, -0.05) is 22.9 Å². The number of hydrogen-bond acceptors (Lipinski definition) is 1. The third-order valence-electron chi connectivity index (χ3n) is 2.28. The Morgan fingerprint density at radius 2 is 2.20 bits per heavy atom. The smallest absolute Gasteiger partial charge is 0.126 e. The molecule has 84 valence electrons. The van der Waals surface area contributed by atoms with Crippen molar-refractivity contribution in [1.29, 1.82) is 0 Å². The molecule has 0 bridgehead atoms. The average Bonchev–Trinajstić information content (AvgIpc) is 2.20. The molecule has 0 radical (unpaired) electrons. The molecule has 0 spiro atoms. The predicted octanol–water partition coefficient (Wildman–Crippen LogP) is 3.52. The van der Waals surface area contributed by atoms with Crippen LogP contribution in [-0.4, -0.2) is 12.6 Å². The molecule has 1 aromatic rings. The summed E-state index contributed by atoms with van der Waals surface area (Å²) in [7, 11) is 0. The zero-order chi connectivity index (χ0) is 11.3. The molecule has 1 unspecified atom stereocenters. The lowest BCUT2D eigenvalue weighted by molar-refractivity contribution is 0.525. The summed E-state index contributed by atoms with van der Waals surface area (Å²) in [5, 5.41) is 3.35. The maximum absolute atomic E-state index is 13.4. The van der Waals surface area contributed by atoms with Crippen LogP contribution in [-0.2, 0) is 6.42 Å². The number of halogens is 2. The molecule has 0 saturated heterocycles. The van der Waals surface area contributed by atoms with E-state index in [1.54, 1.807) is 6.07 Å². The van der Waals surface area contributed by atoms with Gasteiger partial charge in [-0.15, -0.1) is 0 Å². The molecule has 3 heteroatoms. The Morgan fingerprint density at radius 1 is 1.47 bits per heavy atom. The lowest BCUT2D eigenvalue weighted by Gasteiger charge is -2.13. The van der Waals surface area contributed by atoms with Crippen molar-refractivity contribution in [3.05, 3.63) is 34.1 Å². The second-order valence-electron chi connectivity index (χ2n) is 3.80. The normalized spacial score (nSPS) is 12.8. The number of hydrogen-bond donors (Lipinski definition) is 1. The van der Waals surface area contributed by atoms with E-state index in [1.165, 1.54) is 6.07 Å². The molecule has 0 amide bonds. The molecule has 15 heavy (non-hydrogen) atoms. The van der Waals surface area contributed by atoms with Crippen LogP contribution in [0.4, 0.5) is 4.39 Å². The Morgan fingerprint density at radius 3 is 2.87 bits per heavy atom. The molecule has 0 aliphatic carbocycles. The monoisotopic (exact) mass is 273 g/mol. The second-order valence-corrected chi connectivity index (χ2v) is 4.71. The summed E-state index contributed by atoms with van der Waals surface area (Å²) in [5.41, 5.74) is 0.764. The number of rotatable bonds is 5. The van der Waals surface area contributed by atoms with E-state index >= 15 is 0 Å². The van der Waals surface area contributed by atoms with Gasteiger partial charge >= 0.3 is 0 Å². The van der Waals surface area contributed by atoms with Gasteiger partial charge in [-0.05, 0) is 50.1 Å². The van der Waals surface area contributed by atoms with Crippen LogP contribution in [0.15, 0.2) is 22.7 Å². The van der Waals surface area contributed by atoms with Crippen molar-refractivity contribution in [2.45, 2.75) is 32.7 Å². The van der Waals surface area contributed by atoms with Gasteiger partial charge in [-0.2, -0.15) is 0 Å². The van der Waals surface area contributed by atoms with Crippen molar-refractivity contribution in [1.82, 2.24) is 5.32 Å². The standard InChI is InChI=1S/C12H17BrFN/c1-3-6-15-9(2)7-10-8-11(13)4-5-12(10)14/h4-5,8-9,15H,3,6-7H2,1-2H3. The zero-order valence-electron chi connectivity index (χ0n) is 9.19. The fraction of sp³-hybridized carbons (Fsp3) is 0.500. The van der Waals surface area contributed by atoms with Gasteiger partial charge in [0.15, 0.2) is 0 Å². The van der Waals surface area contributed by atoms with Gasteiger partial charge in [0.2, 0.25) is 0 Å². The molecule has 0 aromatic heterocycles. The van der Waals surface area contributed by atoms with E-state index in [2.05, 4.69) is 35.1 Å². The fourth-order valence-electron chi connectivity index (χ4n) is 1.49. The van der Waals surface area contributed by atoms with Gasteiger partial charge < -0.3 is 5.32 Å². The van der Waals surface area contributed by atoms with E-state index in [-0.39, 0.29) is 5.82 Å². The van der Waals surface area contributed by atoms with Crippen molar-refractivity contribution in [2.75, 3.05) is 6.54 Å². The Balaban J connectivity index is 2.59. The van der Waals surface area contributed by atoms with Gasteiger partial charge in [0.1, 0.15) is 5.82 Å². The summed E-state index contributed by atoms with van der Waals surface area (Å²) in [5.74, 6) is -0.122. The van der Waals surface area contributed by atoms with Crippen molar-refractivity contribution >= 4 is 15.9 Å². The van der Waals surface area contributed by atoms with Crippen LogP contribution in [0.3, 0.4) is 0 Å². The molecule has 1 N–H and O–H groups in total. The minimum Gasteiger partial charge on any atom is -0.314 e. The minimum absolute atomic E-state index is 0.122. The molecule has 0 fully saturated rings. The fourth-order valence-corrected chi connectivity index (χ4v) is 1.90. The first-order valence-corrected chi connectivity index (χ1v) is 6.10. The van der Waals surface area contributed by atoms with Gasteiger partial charge in [0.25, 0.3) is 0 Å². The van der Waals surface area contributed by atoms with Crippen LogP contribution in [0.2, 0.25) is 0 Å². The van der Waals surface area contributed by atoms with Crippen LogP contribution < -0.4 is 5.32 Å². The molecular weight excluding hydrogens is 257 g/mol. The second kappa shape index (κ2) is 6.23. The predicted molar refractivity (Wildman–Crippen MR) is 65.6 cm³/mol. The van der Waals surface area contributed by atoms with E-state index in [9.17, 15) is 4.39 Å². The average molecular weight is 274 g/mol. The summed E-state index contributed by atoms with van der Waals surface area (Å²) in [4.78, 5) is 0. The van der Waals surface area contributed by atoms with Gasteiger partial charge in [-0.3, -0.25) is 0 Å². The number of benzene rings is 1. The van der Waals surface area contributed by atoms with E-state index in [0.717, 1.165) is 29.4 Å². The summed E-state index contributed by atoms with van der Waals surface area (Å²) < 4.78 is 14.3. The van der Waals surface area contributed by atoms with E-state index < -0.39 is 0 Å². The highest BCUT2D eigenvalue weighted by molar-refractivity contribution is 9.10. The van der Waals surface area contributed by atoms with Gasteiger partial charge in [0, 0.05) is 10.5 Å². The van der Waals surface area contributed by atoms with E-state index in [1.807, 2.05) is 6.07 Å². The first-order chi connectivity index (χ1) is 7.13. The Labute approximate surface area is 99.2 Å². The molecule has 0 aliphatic rings. The summed E-state index contributed by atoms with van der Waals surface area (Å²) in [6.45, 7) is 5.19. The molecule has 0 aliphatic heterocycles. The molecule has 1 aromatic carbocycles. The maximum atomic E-state index is 13.4. The molecular formula is C12H17BrFN. The van der Waals surface area contributed by atoms with Crippen molar-refractivity contribution in [3.8, 4) is 0 Å². The molecule has 1 atom stereocenters. The van der Waals surface area contributed by atoms with Crippen molar-refractivity contribution < 1.29 is 4.39 Å². The largest absolute Gasteiger partial charge is 0.314 e. The minimum atomic E-state index is -0.122. The first kappa shape index (κ1) is 12.7. The topological polar surface area (TPSA) is 12.0 Å². The van der Waals surface area contributed by atoms with E-state index in [0.29, 0.717) is 6.04 Å². The third-order valence-corrected chi connectivity index (χ3v) is 2.77. The van der Waals surface area contributed by atoms with Crippen LogP contribution >= 0.6 is 15.9 Å². The zero-order valence-corrected chi connectivity index (χ0v) is 10.8. The summed E-state index contributed by atoms with van der Waals surface area (Å²) in [6, 6.07) is 5.39. The molecule has 0 saturated carbocycles. The molecule has 1 rings (SSSR count). The number of nitrogens with one attached hydrogen (secondary N) is 1. The van der Waals surface area contributed by atoms with Crippen LogP contribution in [0.25, 0.3) is 0 Å². The summed E-state index contributed by atoms with van der Waals surface area (Å²) >= 11 is 3.35. The first-order valence-electron chi connectivity index (χ1n) is 5.30. The quantitative estimate of drug-likeness (QED) is 0.866. The van der Waals surface area contributed by atoms with E-state index in [4.69, 9.17) is 0 Å². The van der Waals surface area contributed by atoms with Crippen LogP contribution in [0.5, 0.6) is 0 Å². The molecule has 0 heterocycles. The Hall–Kier alpha value is -0.410. The highest BCUT2D eigenvalue weighted by Gasteiger charge is 2.07. The van der Waals surface area contributed by atoms with Gasteiger partial charge in [0.05, 0.1) is 0 Å². The molecule has 1 nitrogen and oxygen atoms in total. The van der Waals surface area contributed by atoms with Crippen LogP contribution in [0, 0.1) is 5.82 Å². The summed E-state index contributed by atoms with van der Waals surface area (Å²) in [6.07, 6.45) is 1.83. The van der Waals surface area contributed by atoms with Crippen molar-refractivity contribution in [2.24, 2.45) is 0 Å². The highest BCUT2D eigenvalue weighted by atomic mass is 79.9. The van der Waals surface area contributed by atoms with Crippen molar-refractivity contribution in [3.63, 3.8) is 0 Å². The Kier molecular flexibility index (Phi) is 5.26. The Bertz CT molecular complexity index is 314. The van der Waals surface area contributed by atoms with Gasteiger partial charge in [-0.25, -0.2) is 4.39 Å². The SMILES string of the molecule is CCCNC(C)Cc1cc(Br)ccc1F. The lowest BCUT2D eigenvalue weighted by atomic mass is 10.1. The maximum Gasteiger partial charge on any atom is 0.126 e.